The minimum Gasteiger partial charge on any atom is -0.351 e. The third kappa shape index (κ3) is 1.04. The Morgan fingerprint density at radius 2 is 2.08 bits per heavy atom. The Labute approximate surface area is 83.1 Å². The van der Waals surface area contributed by atoms with E-state index in [-0.39, 0.29) is 0 Å². The van der Waals surface area contributed by atoms with Gasteiger partial charge in [0.2, 0.25) is 0 Å². The van der Waals surface area contributed by atoms with Crippen LogP contribution in [0.3, 0.4) is 0 Å². The second kappa shape index (κ2) is 2.90. The molecule has 0 aliphatic carbocycles. The highest BCUT2D eigenvalue weighted by Gasteiger charge is 2.05. The second-order valence-corrected chi connectivity index (χ2v) is 3.59. The van der Waals surface area contributed by atoms with E-state index in [1.165, 1.54) is 0 Å². The largest absolute Gasteiger partial charge is 0.351 e. The number of aromatic amines is 1. The van der Waals surface area contributed by atoms with Crippen molar-refractivity contribution in [2.45, 2.75) is 0 Å². The molecule has 0 bridgehead atoms. The molecule has 0 saturated heterocycles. The number of aromatic nitrogens is 1. The molecule has 0 aliphatic rings. The van der Waals surface area contributed by atoms with Gasteiger partial charge < -0.3 is 4.98 Å². The van der Waals surface area contributed by atoms with E-state index in [4.69, 9.17) is 0 Å². The second-order valence-electron chi connectivity index (χ2n) is 2.52. The molecule has 0 fully saturated rings. The van der Waals surface area contributed by atoms with Crippen LogP contribution in [-0.4, -0.2) is 11.3 Å². The highest BCUT2D eigenvalue weighted by molar-refractivity contribution is 14.1. The lowest BCUT2D eigenvalue weighted by atomic mass is 10.2. The topological polar surface area (TPSA) is 32.9 Å². The van der Waals surface area contributed by atoms with E-state index in [0.29, 0.717) is 5.69 Å². The van der Waals surface area contributed by atoms with E-state index in [2.05, 4.69) is 27.6 Å². The molecule has 60 valence electrons. The van der Waals surface area contributed by atoms with Crippen molar-refractivity contribution in [1.29, 1.82) is 0 Å². The molecule has 1 aromatic heterocycles. The van der Waals surface area contributed by atoms with Crippen LogP contribution in [-0.2, 0) is 0 Å². The number of hydrogen-bond donors (Lipinski definition) is 1. The van der Waals surface area contributed by atoms with Crippen molar-refractivity contribution in [3.63, 3.8) is 0 Å². The van der Waals surface area contributed by atoms with E-state index >= 15 is 0 Å². The third-order valence-electron chi connectivity index (χ3n) is 1.79. The van der Waals surface area contributed by atoms with E-state index < -0.39 is 0 Å². The van der Waals surface area contributed by atoms with Crippen LogP contribution >= 0.6 is 22.6 Å². The Morgan fingerprint density at radius 3 is 2.75 bits per heavy atom. The molecule has 2 aromatic rings. The van der Waals surface area contributed by atoms with Gasteiger partial charge in [0.25, 0.3) is 0 Å². The number of hydrogen-bond acceptors (Lipinski definition) is 1. The number of nitrogens with one attached hydrogen (secondary N) is 1. The van der Waals surface area contributed by atoms with Crippen molar-refractivity contribution in [1.82, 2.24) is 4.98 Å². The average Bonchev–Trinajstić information content (AvgIpc) is 2.44. The summed E-state index contributed by atoms with van der Waals surface area (Å²) in [7, 11) is 0. The lowest BCUT2D eigenvalue weighted by Crippen LogP contribution is -1.79. The number of H-pyrrole nitrogens is 1. The zero-order valence-electron chi connectivity index (χ0n) is 6.17. The van der Waals surface area contributed by atoms with Gasteiger partial charge in [-0.15, -0.1) is 0 Å². The van der Waals surface area contributed by atoms with E-state index in [1.54, 1.807) is 0 Å². The van der Waals surface area contributed by atoms with Gasteiger partial charge in [-0.25, -0.2) is 0 Å². The van der Waals surface area contributed by atoms with Gasteiger partial charge in [-0.3, -0.25) is 4.79 Å². The first-order valence-corrected chi connectivity index (χ1v) is 4.62. The molecule has 0 amide bonds. The number of benzene rings is 1. The minimum atomic E-state index is 0.664. The summed E-state index contributed by atoms with van der Waals surface area (Å²) in [6.07, 6.45) is 0.849. The van der Waals surface area contributed by atoms with E-state index in [9.17, 15) is 4.79 Å². The zero-order chi connectivity index (χ0) is 8.55. The van der Waals surface area contributed by atoms with E-state index in [0.717, 1.165) is 20.8 Å². The Balaban J connectivity index is 2.87. The summed E-state index contributed by atoms with van der Waals surface area (Å²) in [6, 6.07) is 7.88. The highest BCUT2D eigenvalue weighted by atomic mass is 127. The quantitative estimate of drug-likeness (QED) is 0.627. The molecule has 0 spiro atoms. The summed E-state index contributed by atoms with van der Waals surface area (Å²) in [6.45, 7) is 0. The third-order valence-corrected chi connectivity index (χ3v) is 2.95. The number of carbonyl (C=O) groups is 1. The van der Waals surface area contributed by atoms with Crippen molar-refractivity contribution >= 4 is 39.8 Å². The van der Waals surface area contributed by atoms with Crippen molar-refractivity contribution in [2.24, 2.45) is 0 Å². The fraction of sp³-hybridized carbons (Fsp3) is 0. The molecule has 2 nitrogen and oxygen atoms in total. The first-order chi connectivity index (χ1) is 5.83. The Hall–Kier alpha value is -0.840. The van der Waals surface area contributed by atoms with Gasteiger partial charge in [-0.1, -0.05) is 18.2 Å². The molecular formula is C9H6INO. The number of para-hydroxylation sites is 1. The Kier molecular flexibility index (Phi) is 1.88. The molecule has 0 radical (unpaired) electrons. The summed E-state index contributed by atoms with van der Waals surface area (Å²) >= 11 is 2.17. The van der Waals surface area contributed by atoms with Crippen LogP contribution in [0.4, 0.5) is 0 Å². The molecule has 0 unspecified atom stereocenters. The molecule has 1 heterocycles. The predicted octanol–water partition coefficient (Wildman–Crippen LogP) is 2.59. The first-order valence-electron chi connectivity index (χ1n) is 3.54. The first kappa shape index (κ1) is 7.79. The van der Waals surface area contributed by atoms with Crippen molar-refractivity contribution < 1.29 is 4.79 Å². The lowest BCUT2D eigenvalue weighted by Gasteiger charge is -1.86. The Morgan fingerprint density at radius 1 is 1.33 bits per heavy atom. The van der Waals surface area contributed by atoms with Gasteiger partial charge in [0.05, 0.1) is 5.69 Å². The van der Waals surface area contributed by atoms with Gasteiger partial charge in [0, 0.05) is 14.5 Å². The standard InChI is InChI=1S/C9H6INO/c10-9-6-3-1-2-4-7(6)11-8(9)5-12/h1-5,11H. The Bertz CT molecular complexity index is 433. The van der Waals surface area contributed by atoms with Crippen LogP contribution in [0.2, 0.25) is 0 Å². The molecule has 0 saturated carbocycles. The van der Waals surface area contributed by atoms with E-state index in [1.807, 2.05) is 24.3 Å². The summed E-state index contributed by atoms with van der Waals surface area (Å²) < 4.78 is 0.998. The van der Waals surface area contributed by atoms with Crippen LogP contribution in [0.15, 0.2) is 24.3 Å². The van der Waals surface area contributed by atoms with Gasteiger partial charge in [0.15, 0.2) is 6.29 Å². The zero-order valence-corrected chi connectivity index (χ0v) is 8.33. The smallest absolute Gasteiger partial charge is 0.167 e. The summed E-state index contributed by atoms with van der Waals surface area (Å²) in [5.74, 6) is 0. The maximum Gasteiger partial charge on any atom is 0.167 e. The number of carbonyl (C=O) groups excluding carboxylic acids is 1. The van der Waals surface area contributed by atoms with Crippen LogP contribution in [0.5, 0.6) is 0 Å². The lowest BCUT2D eigenvalue weighted by molar-refractivity contribution is 0.111. The van der Waals surface area contributed by atoms with Gasteiger partial charge in [-0.05, 0) is 28.7 Å². The molecule has 1 N–H and O–H groups in total. The monoisotopic (exact) mass is 271 g/mol. The van der Waals surface area contributed by atoms with Crippen LogP contribution in [0.25, 0.3) is 10.9 Å². The fourth-order valence-electron chi connectivity index (χ4n) is 1.21. The minimum absolute atomic E-state index is 0.664. The molecule has 12 heavy (non-hydrogen) atoms. The fourth-order valence-corrected chi connectivity index (χ4v) is 1.94. The van der Waals surface area contributed by atoms with Crippen molar-refractivity contribution in [3.05, 3.63) is 33.5 Å². The molecule has 0 atom stereocenters. The summed E-state index contributed by atoms with van der Waals surface area (Å²) in [5, 5.41) is 1.11. The number of halogens is 1. The number of aldehydes is 1. The molecule has 0 aliphatic heterocycles. The molecular weight excluding hydrogens is 265 g/mol. The highest BCUT2D eigenvalue weighted by Crippen LogP contribution is 2.22. The number of rotatable bonds is 1. The maximum absolute atomic E-state index is 10.6. The molecule has 3 heteroatoms. The van der Waals surface area contributed by atoms with Crippen LogP contribution in [0.1, 0.15) is 10.5 Å². The molecule has 2 rings (SSSR count). The van der Waals surface area contributed by atoms with Crippen molar-refractivity contribution in [2.75, 3.05) is 0 Å². The molecule has 1 aromatic carbocycles. The number of fused-ring (bicyclic) bond motifs is 1. The van der Waals surface area contributed by atoms with Crippen LogP contribution < -0.4 is 0 Å². The van der Waals surface area contributed by atoms with Gasteiger partial charge in [-0.2, -0.15) is 0 Å². The summed E-state index contributed by atoms with van der Waals surface area (Å²) in [4.78, 5) is 13.6. The maximum atomic E-state index is 10.6. The van der Waals surface area contributed by atoms with Gasteiger partial charge >= 0.3 is 0 Å². The van der Waals surface area contributed by atoms with Crippen molar-refractivity contribution in [3.8, 4) is 0 Å². The van der Waals surface area contributed by atoms with Gasteiger partial charge in [0.1, 0.15) is 0 Å². The predicted molar refractivity (Wildman–Crippen MR) is 56.4 cm³/mol. The average molecular weight is 271 g/mol. The van der Waals surface area contributed by atoms with Crippen LogP contribution in [0, 0.1) is 3.57 Å². The SMILES string of the molecule is O=Cc1[nH]c2ccccc2c1I. The summed E-state index contributed by atoms with van der Waals surface area (Å²) in [5.41, 5.74) is 1.68. The normalized spacial score (nSPS) is 10.4.